The molecule has 1 atom stereocenters. The molecule has 0 bridgehead atoms. The Morgan fingerprint density at radius 1 is 1.18 bits per heavy atom. The number of aliphatic carboxylic acids is 1. The molecule has 1 N–H and O–H groups in total. The van der Waals surface area contributed by atoms with Crippen LogP contribution in [0.4, 0.5) is 4.39 Å². The molecule has 2 aromatic carbocycles. The third-order valence-electron chi connectivity index (χ3n) is 4.68. The molecule has 13 heteroatoms. The molecule has 0 spiro atoms. The second-order valence-corrected chi connectivity index (χ2v) is 9.54. The molecule has 0 saturated carbocycles. The Balaban J connectivity index is 2.00. The van der Waals surface area contributed by atoms with Crippen molar-refractivity contribution in [3.8, 4) is 11.8 Å². The van der Waals surface area contributed by atoms with Gasteiger partial charge in [0.1, 0.15) is 18.1 Å². The first kappa shape index (κ1) is 24.9. The van der Waals surface area contributed by atoms with Crippen molar-refractivity contribution in [2.75, 3.05) is 6.54 Å². The minimum absolute atomic E-state index is 0.00683. The number of hydrogen-bond donors (Lipinski definition) is 1. The standard InChI is InChI=1S/C20H19Cl2FN4O5S/c1-3-26-19(24-25-20(26)32-14-6-4-13(23)5-7-14)12(2)27(11-18(28)29)33(30,31)15-8-9-16(21)17(22)10-15/h4-10,12H,3,11H2,1-2H3,(H,28,29)/t12-/m1/s1. The lowest BCUT2D eigenvalue weighted by molar-refractivity contribution is -0.137. The second kappa shape index (κ2) is 10.0. The highest BCUT2D eigenvalue weighted by atomic mass is 35.5. The minimum atomic E-state index is -4.32. The maximum absolute atomic E-state index is 13.3. The molecule has 1 heterocycles. The zero-order valence-corrected chi connectivity index (χ0v) is 19.8. The van der Waals surface area contributed by atoms with Gasteiger partial charge < -0.3 is 9.84 Å². The van der Waals surface area contributed by atoms with Crippen LogP contribution in [0.15, 0.2) is 47.4 Å². The lowest BCUT2D eigenvalue weighted by atomic mass is 10.3. The van der Waals surface area contributed by atoms with Crippen LogP contribution in [0.2, 0.25) is 10.0 Å². The molecule has 0 aliphatic heterocycles. The van der Waals surface area contributed by atoms with Crippen molar-refractivity contribution in [1.29, 1.82) is 0 Å². The van der Waals surface area contributed by atoms with E-state index in [4.69, 9.17) is 27.9 Å². The summed E-state index contributed by atoms with van der Waals surface area (Å²) in [6, 6.07) is 7.91. The average molecular weight is 517 g/mol. The number of carboxylic acids is 1. The molecular weight excluding hydrogens is 498 g/mol. The highest BCUT2D eigenvalue weighted by Gasteiger charge is 2.35. The van der Waals surface area contributed by atoms with Gasteiger partial charge in [0.05, 0.1) is 21.0 Å². The maximum atomic E-state index is 13.3. The zero-order valence-electron chi connectivity index (χ0n) is 17.4. The Morgan fingerprint density at radius 2 is 1.85 bits per heavy atom. The molecule has 0 fully saturated rings. The summed E-state index contributed by atoms with van der Waals surface area (Å²) in [4.78, 5) is 11.3. The van der Waals surface area contributed by atoms with Crippen LogP contribution in [-0.2, 0) is 21.4 Å². The third kappa shape index (κ3) is 5.44. The predicted octanol–water partition coefficient (Wildman–Crippen LogP) is 4.37. The van der Waals surface area contributed by atoms with E-state index in [9.17, 15) is 22.7 Å². The van der Waals surface area contributed by atoms with Gasteiger partial charge >= 0.3 is 12.0 Å². The van der Waals surface area contributed by atoms with E-state index in [1.165, 1.54) is 47.9 Å². The molecular formula is C20H19Cl2FN4O5S. The summed E-state index contributed by atoms with van der Waals surface area (Å²) in [5, 5.41) is 17.5. The van der Waals surface area contributed by atoms with Crippen LogP contribution in [-0.4, -0.2) is 45.1 Å². The van der Waals surface area contributed by atoms with Crippen molar-refractivity contribution in [3.05, 3.63) is 64.2 Å². The molecule has 0 aliphatic rings. The number of aromatic nitrogens is 3. The lowest BCUT2D eigenvalue weighted by Gasteiger charge is -2.26. The molecule has 0 amide bonds. The van der Waals surface area contributed by atoms with Gasteiger partial charge in [-0.15, -0.1) is 5.10 Å². The highest BCUT2D eigenvalue weighted by Crippen LogP contribution is 2.32. The van der Waals surface area contributed by atoms with Crippen LogP contribution in [0.1, 0.15) is 25.7 Å². The van der Waals surface area contributed by atoms with Gasteiger partial charge in [0, 0.05) is 6.54 Å². The van der Waals surface area contributed by atoms with Crippen molar-refractivity contribution < 1.29 is 27.4 Å². The Labute approximate surface area is 199 Å². The summed E-state index contributed by atoms with van der Waals surface area (Å²) in [5.74, 6) is -1.36. The molecule has 9 nitrogen and oxygen atoms in total. The summed E-state index contributed by atoms with van der Waals surface area (Å²) >= 11 is 11.8. The first-order valence-electron chi connectivity index (χ1n) is 9.59. The summed E-state index contributed by atoms with van der Waals surface area (Å²) in [5.41, 5.74) is 0. The molecule has 0 unspecified atom stereocenters. The van der Waals surface area contributed by atoms with Gasteiger partial charge in [-0.1, -0.05) is 28.3 Å². The van der Waals surface area contributed by atoms with E-state index >= 15 is 0 Å². The van der Waals surface area contributed by atoms with Crippen LogP contribution in [0.3, 0.4) is 0 Å². The van der Waals surface area contributed by atoms with Crippen molar-refractivity contribution in [2.24, 2.45) is 0 Å². The van der Waals surface area contributed by atoms with Crippen molar-refractivity contribution in [3.63, 3.8) is 0 Å². The zero-order chi connectivity index (χ0) is 24.3. The molecule has 176 valence electrons. The van der Waals surface area contributed by atoms with Crippen LogP contribution >= 0.6 is 23.2 Å². The van der Waals surface area contributed by atoms with E-state index in [1.54, 1.807) is 6.92 Å². The molecule has 0 aliphatic carbocycles. The number of nitrogens with zero attached hydrogens (tertiary/aromatic N) is 4. The smallest absolute Gasteiger partial charge is 0.322 e. The Bertz CT molecular complexity index is 1270. The van der Waals surface area contributed by atoms with Gasteiger partial charge in [-0.05, 0) is 56.3 Å². The Kier molecular flexibility index (Phi) is 7.58. The van der Waals surface area contributed by atoms with E-state index in [1.807, 2.05) is 0 Å². The molecule has 0 saturated heterocycles. The van der Waals surface area contributed by atoms with Crippen LogP contribution in [0, 0.1) is 5.82 Å². The fourth-order valence-electron chi connectivity index (χ4n) is 3.05. The third-order valence-corrected chi connectivity index (χ3v) is 7.33. The van der Waals surface area contributed by atoms with Crippen molar-refractivity contribution in [1.82, 2.24) is 19.1 Å². The molecule has 1 aromatic heterocycles. The summed E-state index contributed by atoms with van der Waals surface area (Å²) in [6.07, 6.45) is 0. The van der Waals surface area contributed by atoms with Gasteiger partial charge in [-0.25, -0.2) is 12.8 Å². The second-order valence-electron chi connectivity index (χ2n) is 6.84. The summed E-state index contributed by atoms with van der Waals surface area (Å²) < 4.78 is 47.7. The predicted molar refractivity (Wildman–Crippen MR) is 119 cm³/mol. The van der Waals surface area contributed by atoms with E-state index in [0.29, 0.717) is 5.75 Å². The van der Waals surface area contributed by atoms with Crippen LogP contribution < -0.4 is 4.74 Å². The van der Waals surface area contributed by atoms with Crippen LogP contribution in [0.25, 0.3) is 0 Å². The van der Waals surface area contributed by atoms with E-state index < -0.39 is 34.4 Å². The van der Waals surface area contributed by atoms with Gasteiger partial charge in [0.15, 0.2) is 5.82 Å². The first-order chi connectivity index (χ1) is 15.5. The maximum Gasteiger partial charge on any atom is 0.322 e. The topological polar surface area (TPSA) is 115 Å². The number of rotatable bonds is 9. The largest absolute Gasteiger partial charge is 0.480 e. The number of hydrogen-bond acceptors (Lipinski definition) is 6. The average Bonchev–Trinajstić information content (AvgIpc) is 3.17. The molecule has 33 heavy (non-hydrogen) atoms. The fraction of sp³-hybridized carbons (Fsp3) is 0.250. The number of carboxylic acid groups (broad SMARTS) is 1. The van der Waals surface area contributed by atoms with Gasteiger partial charge in [0.25, 0.3) is 0 Å². The quantitative estimate of drug-likeness (QED) is 0.448. The number of carbonyl (C=O) groups is 1. The minimum Gasteiger partial charge on any atom is -0.480 e. The normalized spacial score (nSPS) is 12.7. The van der Waals surface area contributed by atoms with E-state index in [0.717, 1.165) is 10.4 Å². The van der Waals surface area contributed by atoms with Gasteiger partial charge in [0.2, 0.25) is 10.0 Å². The van der Waals surface area contributed by atoms with Gasteiger partial charge in [-0.2, -0.15) is 4.31 Å². The van der Waals surface area contributed by atoms with Crippen molar-refractivity contribution >= 4 is 39.2 Å². The molecule has 3 rings (SSSR count). The number of benzene rings is 2. The fourth-order valence-corrected chi connectivity index (χ4v) is 4.99. The van der Waals surface area contributed by atoms with Crippen LogP contribution in [0.5, 0.6) is 11.8 Å². The lowest BCUT2D eigenvalue weighted by Crippen LogP contribution is -2.38. The van der Waals surface area contributed by atoms with E-state index in [-0.39, 0.29) is 33.3 Å². The highest BCUT2D eigenvalue weighted by molar-refractivity contribution is 7.89. The van der Waals surface area contributed by atoms with Crippen molar-refractivity contribution in [2.45, 2.75) is 31.3 Å². The number of sulfonamides is 1. The SMILES string of the molecule is CCn1c(Oc2ccc(F)cc2)nnc1[C@@H](C)N(CC(=O)O)S(=O)(=O)c1ccc(Cl)c(Cl)c1. The summed E-state index contributed by atoms with van der Waals surface area (Å²) in [6.45, 7) is 2.69. The Hall–Kier alpha value is -2.73. The number of halogens is 3. The first-order valence-corrected chi connectivity index (χ1v) is 11.8. The monoisotopic (exact) mass is 516 g/mol. The Morgan fingerprint density at radius 3 is 2.42 bits per heavy atom. The summed E-state index contributed by atoms with van der Waals surface area (Å²) in [7, 11) is -4.32. The molecule has 3 aromatic rings. The molecule has 0 radical (unpaired) electrons. The van der Waals surface area contributed by atoms with Gasteiger partial charge in [-0.3, -0.25) is 9.36 Å². The van der Waals surface area contributed by atoms with E-state index in [2.05, 4.69) is 10.2 Å². The number of ether oxygens (including phenoxy) is 1.